The van der Waals surface area contributed by atoms with Crippen LogP contribution in [0.4, 0.5) is 16.2 Å². The number of anilines is 2. The Morgan fingerprint density at radius 1 is 0.955 bits per heavy atom. The number of aryl methyl sites for hydroxylation is 1. The maximum atomic E-state index is 12.2. The minimum Gasteiger partial charge on any atom is -0.450 e. The predicted octanol–water partition coefficient (Wildman–Crippen LogP) is 3.82. The number of ether oxygens (including phenoxy) is 1. The minimum atomic E-state index is -0.501. The first-order valence-electron chi connectivity index (χ1n) is 7.01. The van der Waals surface area contributed by atoms with Crippen LogP contribution in [-0.4, -0.2) is 18.6 Å². The molecule has 2 amide bonds. The Labute approximate surface area is 129 Å². The third kappa shape index (κ3) is 4.09. The SMILES string of the molecule is CCOC(=O)Nc1ccc(NC(=O)c2ccccc2C)cc1. The van der Waals surface area contributed by atoms with Gasteiger partial charge in [0.1, 0.15) is 0 Å². The molecule has 5 nitrogen and oxygen atoms in total. The van der Waals surface area contributed by atoms with Crippen molar-refractivity contribution in [1.82, 2.24) is 0 Å². The van der Waals surface area contributed by atoms with E-state index in [1.165, 1.54) is 0 Å². The van der Waals surface area contributed by atoms with Crippen molar-refractivity contribution in [2.75, 3.05) is 17.2 Å². The van der Waals surface area contributed by atoms with Crippen LogP contribution in [0.2, 0.25) is 0 Å². The number of amides is 2. The van der Waals surface area contributed by atoms with Crippen molar-refractivity contribution in [3.05, 3.63) is 59.7 Å². The molecule has 0 heterocycles. The number of hydrogen-bond acceptors (Lipinski definition) is 3. The summed E-state index contributed by atoms with van der Waals surface area (Å²) in [6.07, 6.45) is -0.501. The molecule has 5 heteroatoms. The van der Waals surface area contributed by atoms with E-state index in [0.717, 1.165) is 5.56 Å². The molecule has 0 radical (unpaired) electrons. The zero-order valence-corrected chi connectivity index (χ0v) is 12.6. The van der Waals surface area contributed by atoms with Crippen molar-refractivity contribution in [1.29, 1.82) is 0 Å². The van der Waals surface area contributed by atoms with Crippen LogP contribution >= 0.6 is 0 Å². The first-order chi connectivity index (χ1) is 10.6. The molecule has 0 unspecified atom stereocenters. The number of hydrogen-bond donors (Lipinski definition) is 2. The van der Waals surface area contributed by atoms with Gasteiger partial charge in [-0.05, 0) is 49.7 Å². The van der Waals surface area contributed by atoms with Gasteiger partial charge in [0.15, 0.2) is 0 Å². The monoisotopic (exact) mass is 298 g/mol. The van der Waals surface area contributed by atoms with Crippen molar-refractivity contribution in [3.63, 3.8) is 0 Å². The number of rotatable bonds is 4. The smallest absolute Gasteiger partial charge is 0.411 e. The maximum Gasteiger partial charge on any atom is 0.411 e. The Kier molecular flexibility index (Phi) is 5.14. The second kappa shape index (κ2) is 7.26. The van der Waals surface area contributed by atoms with E-state index in [1.807, 2.05) is 25.1 Å². The quantitative estimate of drug-likeness (QED) is 0.901. The molecule has 22 heavy (non-hydrogen) atoms. The molecule has 2 aromatic rings. The van der Waals surface area contributed by atoms with Crippen LogP contribution in [0.3, 0.4) is 0 Å². The van der Waals surface area contributed by atoms with Crippen LogP contribution in [0.5, 0.6) is 0 Å². The van der Waals surface area contributed by atoms with Crippen molar-refractivity contribution in [2.24, 2.45) is 0 Å². The molecule has 114 valence electrons. The summed E-state index contributed by atoms with van der Waals surface area (Å²) < 4.78 is 4.79. The molecular formula is C17H18N2O3. The third-order valence-electron chi connectivity index (χ3n) is 3.05. The Bertz CT molecular complexity index is 666. The van der Waals surface area contributed by atoms with Crippen molar-refractivity contribution < 1.29 is 14.3 Å². The molecule has 0 saturated carbocycles. The molecule has 0 bridgehead atoms. The number of carbonyl (C=O) groups excluding carboxylic acids is 2. The molecule has 0 spiro atoms. The molecule has 0 aliphatic carbocycles. The minimum absolute atomic E-state index is 0.163. The Balaban J connectivity index is 2.01. The lowest BCUT2D eigenvalue weighted by Gasteiger charge is -2.09. The maximum absolute atomic E-state index is 12.2. The molecule has 0 atom stereocenters. The highest BCUT2D eigenvalue weighted by molar-refractivity contribution is 6.05. The second-order valence-corrected chi connectivity index (χ2v) is 4.69. The molecule has 2 rings (SSSR count). The summed E-state index contributed by atoms with van der Waals surface area (Å²) in [6.45, 7) is 3.95. The molecule has 0 aromatic heterocycles. The highest BCUT2D eigenvalue weighted by Gasteiger charge is 2.08. The Morgan fingerprint density at radius 3 is 2.14 bits per heavy atom. The van der Waals surface area contributed by atoms with E-state index in [2.05, 4.69) is 10.6 Å². The summed E-state index contributed by atoms with van der Waals surface area (Å²) in [5.74, 6) is -0.163. The fourth-order valence-electron chi connectivity index (χ4n) is 1.95. The highest BCUT2D eigenvalue weighted by atomic mass is 16.5. The fraction of sp³-hybridized carbons (Fsp3) is 0.176. The number of benzene rings is 2. The van der Waals surface area contributed by atoms with Crippen molar-refractivity contribution >= 4 is 23.4 Å². The van der Waals surface area contributed by atoms with Crippen molar-refractivity contribution in [3.8, 4) is 0 Å². The zero-order chi connectivity index (χ0) is 15.9. The van der Waals surface area contributed by atoms with Crippen LogP contribution in [0.1, 0.15) is 22.8 Å². The third-order valence-corrected chi connectivity index (χ3v) is 3.05. The first kappa shape index (κ1) is 15.6. The van der Waals surface area contributed by atoms with Gasteiger partial charge in [0, 0.05) is 16.9 Å². The average molecular weight is 298 g/mol. The summed E-state index contributed by atoms with van der Waals surface area (Å²) in [6, 6.07) is 14.2. The Morgan fingerprint density at radius 2 is 1.55 bits per heavy atom. The highest BCUT2D eigenvalue weighted by Crippen LogP contribution is 2.16. The van der Waals surface area contributed by atoms with E-state index < -0.39 is 6.09 Å². The molecule has 2 aromatic carbocycles. The molecule has 0 saturated heterocycles. The first-order valence-corrected chi connectivity index (χ1v) is 7.01. The molecule has 0 aliphatic rings. The van der Waals surface area contributed by atoms with Gasteiger partial charge in [-0.25, -0.2) is 4.79 Å². The predicted molar refractivity (Wildman–Crippen MR) is 86.2 cm³/mol. The van der Waals surface area contributed by atoms with E-state index >= 15 is 0 Å². The van der Waals surface area contributed by atoms with Crippen LogP contribution < -0.4 is 10.6 Å². The van der Waals surface area contributed by atoms with Crippen LogP contribution in [0.15, 0.2) is 48.5 Å². The zero-order valence-electron chi connectivity index (χ0n) is 12.6. The molecule has 0 fully saturated rings. The Hall–Kier alpha value is -2.82. The summed E-state index contributed by atoms with van der Waals surface area (Å²) in [7, 11) is 0. The lowest BCUT2D eigenvalue weighted by atomic mass is 10.1. The topological polar surface area (TPSA) is 67.4 Å². The summed E-state index contributed by atoms with van der Waals surface area (Å²) in [4.78, 5) is 23.5. The van der Waals surface area contributed by atoms with E-state index in [4.69, 9.17) is 4.74 Å². The summed E-state index contributed by atoms with van der Waals surface area (Å²) >= 11 is 0. The van der Waals surface area contributed by atoms with E-state index in [1.54, 1.807) is 37.3 Å². The average Bonchev–Trinajstić information content (AvgIpc) is 2.50. The van der Waals surface area contributed by atoms with E-state index in [9.17, 15) is 9.59 Å². The lowest BCUT2D eigenvalue weighted by Crippen LogP contribution is -2.14. The van der Waals surface area contributed by atoms with Gasteiger partial charge in [-0.2, -0.15) is 0 Å². The standard InChI is InChI=1S/C17H18N2O3/c1-3-22-17(21)19-14-10-8-13(9-11-14)18-16(20)15-7-5-4-6-12(15)2/h4-11H,3H2,1-2H3,(H,18,20)(H,19,21). The second-order valence-electron chi connectivity index (χ2n) is 4.69. The number of carbonyl (C=O) groups is 2. The van der Waals surface area contributed by atoms with Gasteiger partial charge >= 0.3 is 6.09 Å². The van der Waals surface area contributed by atoms with Crippen molar-refractivity contribution in [2.45, 2.75) is 13.8 Å². The van der Waals surface area contributed by atoms with Crippen LogP contribution in [-0.2, 0) is 4.74 Å². The molecule has 0 aliphatic heterocycles. The normalized spacial score (nSPS) is 9.91. The van der Waals surface area contributed by atoms with Gasteiger partial charge in [0.2, 0.25) is 0 Å². The van der Waals surface area contributed by atoms with Gasteiger partial charge in [0.05, 0.1) is 6.61 Å². The lowest BCUT2D eigenvalue weighted by molar-refractivity contribution is 0.102. The van der Waals surface area contributed by atoms with Crippen LogP contribution in [0.25, 0.3) is 0 Å². The fourth-order valence-corrected chi connectivity index (χ4v) is 1.95. The van der Waals surface area contributed by atoms with Gasteiger partial charge in [0.25, 0.3) is 5.91 Å². The summed E-state index contributed by atoms with van der Waals surface area (Å²) in [5, 5.41) is 5.41. The van der Waals surface area contributed by atoms with E-state index in [-0.39, 0.29) is 5.91 Å². The van der Waals surface area contributed by atoms with Gasteiger partial charge in [-0.1, -0.05) is 18.2 Å². The van der Waals surface area contributed by atoms with E-state index in [0.29, 0.717) is 23.5 Å². The van der Waals surface area contributed by atoms with Gasteiger partial charge in [-0.15, -0.1) is 0 Å². The van der Waals surface area contributed by atoms with Crippen LogP contribution in [0, 0.1) is 6.92 Å². The summed E-state index contributed by atoms with van der Waals surface area (Å²) in [5.41, 5.74) is 2.81. The van der Waals surface area contributed by atoms with Gasteiger partial charge < -0.3 is 10.1 Å². The number of nitrogens with one attached hydrogen (secondary N) is 2. The van der Waals surface area contributed by atoms with Gasteiger partial charge in [-0.3, -0.25) is 10.1 Å². The largest absolute Gasteiger partial charge is 0.450 e. The molecular weight excluding hydrogens is 280 g/mol. The molecule has 2 N–H and O–H groups in total.